The molecule has 1 fully saturated rings. The van der Waals surface area contributed by atoms with Crippen LogP contribution < -0.4 is 0 Å². The summed E-state index contributed by atoms with van der Waals surface area (Å²) in [5, 5.41) is 10.4. The summed E-state index contributed by atoms with van der Waals surface area (Å²) in [4.78, 5) is 2.24. The average molecular weight is 231 g/mol. The van der Waals surface area contributed by atoms with Crippen molar-refractivity contribution in [2.24, 2.45) is 0 Å². The van der Waals surface area contributed by atoms with Gasteiger partial charge in [-0.25, -0.2) is 0 Å². The van der Waals surface area contributed by atoms with Gasteiger partial charge in [-0.2, -0.15) is 0 Å². The number of allylic oxidation sites excluding steroid dienone is 1. The smallest absolute Gasteiger partial charge is 0.119 e. The molecule has 0 saturated carbocycles. The van der Waals surface area contributed by atoms with Crippen LogP contribution in [0.4, 0.5) is 0 Å². The molecule has 0 aromatic heterocycles. The van der Waals surface area contributed by atoms with Crippen LogP contribution >= 0.6 is 0 Å². The maximum atomic E-state index is 10.4. The van der Waals surface area contributed by atoms with Gasteiger partial charge in [-0.3, -0.25) is 0 Å². The van der Waals surface area contributed by atoms with Crippen molar-refractivity contribution in [3.8, 4) is 0 Å². The SMILES string of the molecule is OC1C(N2CCOCC2)=CCc2ccccc21. The highest BCUT2D eigenvalue weighted by atomic mass is 16.5. The first-order valence-corrected chi connectivity index (χ1v) is 6.15. The highest BCUT2D eigenvalue weighted by Gasteiger charge is 2.25. The van der Waals surface area contributed by atoms with Gasteiger partial charge in [0.05, 0.1) is 13.2 Å². The molecule has 1 N–H and O–H groups in total. The fraction of sp³-hybridized carbons (Fsp3) is 0.429. The monoisotopic (exact) mass is 231 g/mol. The van der Waals surface area contributed by atoms with Gasteiger partial charge in [0.1, 0.15) is 6.10 Å². The van der Waals surface area contributed by atoms with Crippen LogP contribution in [0, 0.1) is 0 Å². The van der Waals surface area contributed by atoms with E-state index in [9.17, 15) is 5.11 Å². The Morgan fingerprint density at radius 2 is 1.94 bits per heavy atom. The first-order valence-electron chi connectivity index (χ1n) is 6.15. The van der Waals surface area contributed by atoms with Crippen molar-refractivity contribution in [1.29, 1.82) is 0 Å². The van der Waals surface area contributed by atoms with Crippen molar-refractivity contribution in [2.75, 3.05) is 26.3 Å². The molecule has 1 aromatic carbocycles. The lowest BCUT2D eigenvalue weighted by Gasteiger charge is -2.35. The molecule has 17 heavy (non-hydrogen) atoms. The van der Waals surface area contributed by atoms with E-state index in [1.165, 1.54) is 5.56 Å². The van der Waals surface area contributed by atoms with E-state index in [-0.39, 0.29) is 0 Å². The summed E-state index contributed by atoms with van der Waals surface area (Å²) < 4.78 is 5.34. The molecular weight excluding hydrogens is 214 g/mol. The van der Waals surface area contributed by atoms with E-state index in [2.05, 4.69) is 17.0 Å². The topological polar surface area (TPSA) is 32.7 Å². The number of hydrogen-bond acceptors (Lipinski definition) is 3. The lowest BCUT2D eigenvalue weighted by molar-refractivity contribution is 0.0380. The summed E-state index contributed by atoms with van der Waals surface area (Å²) in [6, 6.07) is 8.13. The zero-order valence-corrected chi connectivity index (χ0v) is 9.80. The average Bonchev–Trinajstić information content (AvgIpc) is 2.40. The summed E-state index contributed by atoms with van der Waals surface area (Å²) in [7, 11) is 0. The van der Waals surface area contributed by atoms with Gasteiger partial charge in [0.2, 0.25) is 0 Å². The summed E-state index contributed by atoms with van der Waals surface area (Å²) in [5.41, 5.74) is 3.33. The summed E-state index contributed by atoms with van der Waals surface area (Å²) >= 11 is 0. The number of nitrogens with zero attached hydrogens (tertiary/aromatic N) is 1. The van der Waals surface area contributed by atoms with Gasteiger partial charge < -0.3 is 14.7 Å². The van der Waals surface area contributed by atoms with Crippen molar-refractivity contribution in [2.45, 2.75) is 12.5 Å². The molecule has 3 nitrogen and oxygen atoms in total. The maximum absolute atomic E-state index is 10.4. The van der Waals surface area contributed by atoms with Crippen LogP contribution in [-0.2, 0) is 11.2 Å². The zero-order valence-electron chi connectivity index (χ0n) is 9.80. The van der Waals surface area contributed by atoms with E-state index in [1.54, 1.807) is 0 Å². The lowest BCUT2D eigenvalue weighted by Crippen LogP contribution is -2.38. The van der Waals surface area contributed by atoms with Gasteiger partial charge in [-0.05, 0) is 17.5 Å². The molecule has 1 aromatic rings. The Bertz CT molecular complexity index is 436. The Morgan fingerprint density at radius 3 is 2.76 bits per heavy atom. The van der Waals surface area contributed by atoms with Crippen LogP contribution in [0.3, 0.4) is 0 Å². The second-order valence-electron chi connectivity index (χ2n) is 4.53. The van der Waals surface area contributed by atoms with Gasteiger partial charge >= 0.3 is 0 Å². The fourth-order valence-corrected chi connectivity index (χ4v) is 2.60. The number of rotatable bonds is 1. The number of hydrogen-bond donors (Lipinski definition) is 1. The molecule has 0 spiro atoms. The molecular formula is C14H17NO2. The summed E-state index contributed by atoms with van der Waals surface area (Å²) in [6.45, 7) is 3.27. The minimum atomic E-state index is -0.474. The summed E-state index contributed by atoms with van der Waals surface area (Å²) in [6.07, 6.45) is 2.59. The minimum absolute atomic E-state index is 0.474. The highest BCUT2D eigenvalue weighted by Crippen LogP contribution is 2.32. The Labute approximate surface area is 101 Å². The number of fused-ring (bicyclic) bond motifs is 1. The number of ether oxygens (including phenoxy) is 1. The van der Waals surface area contributed by atoms with Gasteiger partial charge in [-0.1, -0.05) is 30.3 Å². The Hall–Kier alpha value is -1.32. The number of aliphatic hydroxyl groups is 1. The molecule has 2 aliphatic rings. The highest BCUT2D eigenvalue weighted by molar-refractivity contribution is 5.39. The van der Waals surface area contributed by atoms with Crippen molar-refractivity contribution in [1.82, 2.24) is 4.90 Å². The van der Waals surface area contributed by atoms with Crippen molar-refractivity contribution in [3.05, 3.63) is 47.2 Å². The second kappa shape index (κ2) is 4.51. The molecule has 0 bridgehead atoms. The van der Waals surface area contributed by atoms with Gasteiger partial charge in [-0.15, -0.1) is 0 Å². The van der Waals surface area contributed by atoms with Gasteiger partial charge in [0.25, 0.3) is 0 Å². The molecule has 3 heteroatoms. The molecule has 1 heterocycles. The van der Waals surface area contributed by atoms with Gasteiger partial charge in [0, 0.05) is 18.8 Å². The van der Waals surface area contributed by atoms with Crippen molar-refractivity contribution < 1.29 is 9.84 Å². The molecule has 3 rings (SSSR count). The molecule has 1 aliphatic heterocycles. The minimum Gasteiger partial charge on any atom is -0.382 e. The van der Waals surface area contributed by atoms with Crippen molar-refractivity contribution in [3.63, 3.8) is 0 Å². The molecule has 1 atom stereocenters. The van der Waals surface area contributed by atoms with Crippen LogP contribution in [0.15, 0.2) is 36.0 Å². The third-order valence-corrected chi connectivity index (χ3v) is 3.54. The molecule has 1 unspecified atom stereocenters. The normalized spacial score (nSPS) is 24.2. The van der Waals surface area contributed by atoms with E-state index < -0.39 is 6.10 Å². The van der Waals surface area contributed by atoms with Crippen LogP contribution in [0.1, 0.15) is 17.2 Å². The predicted molar refractivity (Wildman–Crippen MR) is 65.6 cm³/mol. The summed E-state index contributed by atoms with van der Waals surface area (Å²) in [5.74, 6) is 0. The Kier molecular flexibility index (Phi) is 2.87. The molecule has 0 radical (unpaired) electrons. The number of benzene rings is 1. The lowest BCUT2D eigenvalue weighted by atomic mass is 9.91. The third-order valence-electron chi connectivity index (χ3n) is 3.54. The van der Waals surface area contributed by atoms with E-state index in [1.807, 2.05) is 18.2 Å². The van der Waals surface area contributed by atoms with Crippen LogP contribution in [-0.4, -0.2) is 36.3 Å². The zero-order chi connectivity index (χ0) is 11.7. The Balaban J connectivity index is 1.86. The van der Waals surface area contributed by atoms with E-state index in [4.69, 9.17) is 4.74 Å². The molecule has 0 amide bonds. The standard InChI is InChI=1S/C14H17NO2/c16-14-12-4-2-1-3-11(12)5-6-13(14)15-7-9-17-10-8-15/h1-4,6,14,16H,5,7-10H2. The number of aliphatic hydroxyl groups excluding tert-OH is 1. The van der Waals surface area contributed by atoms with Crippen molar-refractivity contribution >= 4 is 0 Å². The third kappa shape index (κ3) is 1.96. The van der Waals surface area contributed by atoms with Crippen LogP contribution in [0.2, 0.25) is 0 Å². The first kappa shape index (κ1) is 10.8. The predicted octanol–water partition coefficient (Wildman–Crippen LogP) is 1.49. The van der Waals surface area contributed by atoms with Crippen LogP contribution in [0.5, 0.6) is 0 Å². The number of morpholine rings is 1. The van der Waals surface area contributed by atoms with E-state index in [0.717, 1.165) is 44.0 Å². The quantitative estimate of drug-likeness (QED) is 0.795. The molecule has 90 valence electrons. The Morgan fingerprint density at radius 1 is 1.18 bits per heavy atom. The molecule has 1 aliphatic carbocycles. The maximum Gasteiger partial charge on any atom is 0.119 e. The van der Waals surface area contributed by atoms with E-state index in [0.29, 0.717) is 0 Å². The molecule has 1 saturated heterocycles. The van der Waals surface area contributed by atoms with E-state index >= 15 is 0 Å². The first-order chi connectivity index (χ1) is 8.36. The van der Waals surface area contributed by atoms with Gasteiger partial charge in [0.15, 0.2) is 0 Å². The second-order valence-corrected chi connectivity index (χ2v) is 4.53. The van der Waals surface area contributed by atoms with Crippen LogP contribution in [0.25, 0.3) is 0 Å². The fourth-order valence-electron chi connectivity index (χ4n) is 2.60. The largest absolute Gasteiger partial charge is 0.382 e.